The maximum absolute atomic E-state index is 12.7. The fourth-order valence-corrected chi connectivity index (χ4v) is 2.93. The number of carboxylic acid groups (broad SMARTS) is 1. The fourth-order valence-electron chi connectivity index (χ4n) is 1.52. The smallest absolute Gasteiger partial charge is 0.323 e. The van der Waals surface area contributed by atoms with E-state index in [-0.39, 0.29) is 12.2 Å². The summed E-state index contributed by atoms with van der Waals surface area (Å²) in [5, 5.41) is 8.74. The van der Waals surface area contributed by atoms with Crippen LogP contribution in [0.2, 0.25) is 0 Å². The van der Waals surface area contributed by atoms with Gasteiger partial charge in [0, 0.05) is 0 Å². The van der Waals surface area contributed by atoms with Crippen molar-refractivity contribution in [1.82, 2.24) is 4.72 Å². The highest BCUT2D eigenvalue weighted by molar-refractivity contribution is 7.91. The molecular weight excluding hydrogens is 251 g/mol. The number of hydrogen-bond donors (Lipinski definition) is 2. The van der Waals surface area contributed by atoms with Gasteiger partial charge in [-0.25, -0.2) is 4.39 Å². The van der Waals surface area contributed by atoms with Crippen molar-refractivity contribution in [2.24, 2.45) is 0 Å². The molecule has 0 aromatic heterocycles. The van der Waals surface area contributed by atoms with Gasteiger partial charge in [-0.1, -0.05) is 0 Å². The SMILES string of the molecule is O=C(O)C1CN(c2ccc(F)cc2)S(=O)(=O)N1. The minimum Gasteiger partial charge on any atom is -0.480 e. The number of rotatable bonds is 2. The summed E-state index contributed by atoms with van der Waals surface area (Å²) < 4.78 is 38.8. The van der Waals surface area contributed by atoms with Gasteiger partial charge in [-0.15, -0.1) is 0 Å². The lowest BCUT2D eigenvalue weighted by molar-refractivity contribution is -0.138. The van der Waals surface area contributed by atoms with E-state index in [0.717, 1.165) is 16.4 Å². The Labute approximate surface area is 96.8 Å². The molecule has 0 spiro atoms. The maximum Gasteiger partial charge on any atom is 0.323 e. The quantitative estimate of drug-likeness (QED) is 0.779. The third kappa shape index (κ3) is 2.22. The molecule has 1 fully saturated rings. The first-order valence-corrected chi connectivity index (χ1v) is 6.12. The zero-order valence-corrected chi connectivity index (χ0v) is 9.32. The highest BCUT2D eigenvalue weighted by Gasteiger charge is 2.39. The van der Waals surface area contributed by atoms with E-state index >= 15 is 0 Å². The van der Waals surface area contributed by atoms with Gasteiger partial charge in [0.1, 0.15) is 11.9 Å². The van der Waals surface area contributed by atoms with Crippen LogP contribution in [-0.2, 0) is 15.0 Å². The fraction of sp³-hybridized carbons (Fsp3) is 0.222. The van der Waals surface area contributed by atoms with Crippen molar-refractivity contribution in [3.63, 3.8) is 0 Å². The predicted octanol–water partition coefficient (Wildman–Crippen LogP) is -0.0667. The van der Waals surface area contributed by atoms with Crippen molar-refractivity contribution in [2.45, 2.75) is 6.04 Å². The number of benzene rings is 1. The van der Waals surface area contributed by atoms with Crippen LogP contribution in [0.5, 0.6) is 0 Å². The lowest BCUT2D eigenvalue weighted by atomic mass is 10.2. The number of aliphatic carboxylic acids is 1. The Balaban J connectivity index is 2.33. The number of carboxylic acids is 1. The Hall–Kier alpha value is -1.67. The highest BCUT2D eigenvalue weighted by atomic mass is 32.2. The van der Waals surface area contributed by atoms with Gasteiger partial charge in [-0.3, -0.25) is 9.10 Å². The molecule has 1 aromatic rings. The second kappa shape index (κ2) is 3.97. The largest absolute Gasteiger partial charge is 0.480 e. The average molecular weight is 260 g/mol. The van der Waals surface area contributed by atoms with E-state index in [9.17, 15) is 17.6 Å². The lowest BCUT2D eigenvalue weighted by Gasteiger charge is -2.15. The van der Waals surface area contributed by atoms with Crippen molar-refractivity contribution in [3.8, 4) is 0 Å². The standard InChI is InChI=1S/C9H9FN2O4S/c10-6-1-3-7(4-2-6)12-5-8(9(13)14)11-17(12,15)16/h1-4,8,11H,5H2,(H,13,14). The van der Waals surface area contributed by atoms with Crippen molar-refractivity contribution >= 4 is 21.9 Å². The number of hydrogen-bond acceptors (Lipinski definition) is 3. The van der Waals surface area contributed by atoms with Crippen LogP contribution in [-0.4, -0.2) is 32.1 Å². The molecule has 0 saturated carbocycles. The van der Waals surface area contributed by atoms with Gasteiger partial charge >= 0.3 is 16.2 Å². The van der Waals surface area contributed by atoms with Gasteiger partial charge in [-0.05, 0) is 24.3 Å². The van der Waals surface area contributed by atoms with Crippen LogP contribution in [0.15, 0.2) is 24.3 Å². The van der Waals surface area contributed by atoms with Gasteiger partial charge in [0.05, 0.1) is 12.2 Å². The van der Waals surface area contributed by atoms with Crippen molar-refractivity contribution in [3.05, 3.63) is 30.1 Å². The maximum atomic E-state index is 12.7. The van der Waals surface area contributed by atoms with E-state index in [4.69, 9.17) is 5.11 Å². The number of carbonyl (C=O) groups is 1. The number of anilines is 1. The molecule has 1 atom stereocenters. The Morgan fingerprint density at radius 1 is 1.41 bits per heavy atom. The molecule has 8 heteroatoms. The van der Waals surface area contributed by atoms with Crippen LogP contribution in [0, 0.1) is 5.82 Å². The van der Waals surface area contributed by atoms with E-state index in [1.165, 1.54) is 12.1 Å². The summed E-state index contributed by atoms with van der Waals surface area (Å²) in [5.74, 6) is -1.74. The minimum atomic E-state index is -3.87. The molecule has 2 rings (SSSR count). The average Bonchev–Trinajstić information content (AvgIpc) is 2.56. The third-order valence-corrected chi connectivity index (χ3v) is 3.86. The van der Waals surface area contributed by atoms with Crippen LogP contribution >= 0.6 is 0 Å². The van der Waals surface area contributed by atoms with E-state index in [0.29, 0.717) is 0 Å². The normalized spacial score (nSPS) is 22.6. The van der Waals surface area contributed by atoms with Gasteiger partial charge in [-0.2, -0.15) is 13.1 Å². The Morgan fingerprint density at radius 2 is 2.00 bits per heavy atom. The molecule has 2 N–H and O–H groups in total. The predicted molar refractivity (Wildman–Crippen MR) is 57.2 cm³/mol. The van der Waals surface area contributed by atoms with Gasteiger partial charge in [0.2, 0.25) is 0 Å². The van der Waals surface area contributed by atoms with E-state index in [1.807, 2.05) is 4.72 Å². The summed E-state index contributed by atoms with van der Waals surface area (Å²) in [7, 11) is -3.87. The number of halogens is 1. The molecule has 6 nitrogen and oxygen atoms in total. The second-order valence-corrected chi connectivity index (χ2v) is 5.15. The molecule has 92 valence electrons. The van der Waals surface area contributed by atoms with Crippen molar-refractivity contribution in [2.75, 3.05) is 10.8 Å². The van der Waals surface area contributed by atoms with Crippen LogP contribution in [0.1, 0.15) is 0 Å². The van der Waals surface area contributed by atoms with E-state index in [2.05, 4.69) is 0 Å². The lowest BCUT2D eigenvalue weighted by Crippen LogP contribution is -2.34. The molecule has 17 heavy (non-hydrogen) atoms. The minimum absolute atomic E-state index is 0.219. The van der Waals surface area contributed by atoms with Crippen LogP contribution in [0.4, 0.5) is 10.1 Å². The first kappa shape index (κ1) is 11.8. The zero-order chi connectivity index (χ0) is 12.6. The third-order valence-electron chi connectivity index (χ3n) is 2.34. The zero-order valence-electron chi connectivity index (χ0n) is 8.50. The topological polar surface area (TPSA) is 86.7 Å². The molecule has 1 unspecified atom stereocenters. The molecule has 0 amide bonds. The van der Waals surface area contributed by atoms with Gasteiger partial charge < -0.3 is 5.11 Å². The van der Waals surface area contributed by atoms with Crippen molar-refractivity contribution in [1.29, 1.82) is 0 Å². The van der Waals surface area contributed by atoms with E-state index in [1.54, 1.807) is 0 Å². The Morgan fingerprint density at radius 3 is 2.47 bits per heavy atom. The number of nitrogens with one attached hydrogen (secondary N) is 1. The summed E-state index contributed by atoms with van der Waals surface area (Å²) >= 11 is 0. The van der Waals surface area contributed by atoms with Crippen molar-refractivity contribution < 1.29 is 22.7 Å². The monoisotopic (exact) mass is 260 g/mol. The van der Waals surface area contributed by atoms with Crippen LogP contribution in [0.25, 0.3) is 0 Å². The second-order valence-electron chi connectivity index (χ2n) is 3.52. The molecule has 0 aliphatic carbocycles. The molecule has 1 aliphatic heterocycles. The molecule has 1 aromatic carbocycles. The molecule has 0 radical (unpaired) electrons. The first-order chi connectivity index (χ1) is 7.90. The number of nitrogens with zero attached hydrogens (tertiary/aromatic N) is 1. The summed E-state index contributed by atoms with van der Waals surface area (Å²) in [6.45, 7) is -0.219. The Kier molecular flexibility index (Phi) is 2.76. The Bertz CT molecular complexity index is 543. The summed E-state index contributed by atoms with van der Waals surface area (Å²) in [6, 6.07) is 3.58. The van der Waals surface area contributed by atoms with Gasteiger partial charge in [0.25, 0.3) is 0 Å². The molecule has 0 bridgehead atoms. The van der Waals surface area contributed by atoms with Gasteiger partial charge in [0.15, 0.2) is 0 Å². The molecule has 1 saturated heterocycles. The van der Waals surface area contributed by atoms with Crippen LogP contribution in [0.3, 0.4) is 0 Å². The summed E-state index contributed by atoms with van der Waals surface area (Å²) in [6.07, 6.45) is 0. The summed E-state index contributed by atoms with van der Waals surface area (Å²) in [5.41, 5.74) is 0.225. The highest BCUT2D eigenvalue weighted by Crippen LogP contribution is 2.22. The summed E-state index contributed by atoms with van der Waals surface area (Å²) in [4.78, 5) is 10.7. The molecular formula is C9H9FN2O4S. The van der Waals surface area contributed by atoms with E-state index < -0.39 is 28.0 Å². The van der Waals surface area contributed by atoms with Crippen LogP contribution < -0.4 is 9.03 Å². The molecule has 1 heterocycles. The molecule has 1 aliphatic rings. The first-order valence-electron chi connectivity index (χ1n) is 4.68.